The van der Waals surface area contributed by atoms with Crippen LogP contribution in [0.3, 0.4) is 0 Å². The Kier molecular flexibility index (Phi) is 6.31. The molecule has 0 fully saturated rings. The molecule has 1 atom stereocenters. The monoisotopic (exact) mass is 426 g/mol. The Balaban J connectivity index is 1.54. The van der Waals surface area contributed by atoms with Gasteiger partial charge in [0, 0.05) is 32.6 Å². The topological polar surface area (TPSA) is 65.0 Å². The van der Waals surface area contributed by atoms with Gasteiger partial charge in [-0.05, 0) is 35.4 Å². The second-order valence-electron chi connectivity index (χ2n) is 7.89. The van der Waals surface area contributed by atoms with Crippen LogP contribution in [0.15, 0.2) is 90.0 Å². The largest absolute Gasteiger partial charge is 0.342 e. The lowest BCUT2D eigenvalue weighted by Crippen LogP contribution is -2.24. The average Bonchev–Trinajstić information content (AvgIpc) is 3.26. The Morgan fingerprint density at radius 1 is 1.00 bits per heavy atom. The number of benzene rings is 3. The first-order valence-electron chi connectivity index (χ1n) is 10.6. The van der Waals surface area contributed by atoms with E-state index in [-0.39, 0.29) is 17.9 Å². The molecule has 3 aromatic carbocycles. The molecule has 1 heterocycles. The summed E-state index contributed by atoms with van der Waals surface area (Å²) in [5.41, 5.74) is 4.16. The van der Waals surface area contributed by atoms with Crippen LogP contribution in [0.2, 0.25) is 0 Å². The van der Waals surface area contributed by atoms with Crippen LogP contribution in [0.4, 0.5) is 11.4 Å². The minimum absolute atomic E-state index is 0.00675. The molecule has 0 saturated carbocycles. The van der Waals surface area contributed by atoms with E-state index in [0.29, 0.717) is 24.4 Å². The predicted molar refractivity (Wildman–Crippen MR) is 127 cm³/mol. The molecule has 0 bridgehead atoms. The minimum Gasteiger partial charge on any atom is -0.342 e. The summed E-state index contributed by atoms with van der Waals surface area (Å²) in [5.74, 6) is -0.228. The van der Waals surface area contributed by atoms with Crippen molar-refractivity contribution >= 4 is 28.9 Å². The molecule has 3 aromatic rings. The molecule has 0 spiro atoms. The van der Waals surface area contributed by atoms with E-state index in [0.717, 1.165) is 16.8 Å². The molecule has 2 amide bonds. The van der Waals surface area contributed by atoms with E-state index in [2.05, 4.69) is 17.4 Å². The maximum atomic E-state index is 13.1. The molecule has 6 nitrogen and oxygen atoms in total. The Bertz CT molecular complexity index is 1130. The Morgan fingerprint density at radius 2 is 1.69 bits per heavy atom. The van der Waals surface area contributed by atoms with Crippen molar-refractivity contribution in [3.8, 4) is 0 Å². The highest BCUT2D eigenvalue weighted by Crippen LogP contribution is 2.35. The number of hydrogen-bond acceptors (Lipinski definition) is 4. The molecule has 0 saturated heterocycles. The van der Waals surface area contributed by atoms with Crippen molar-refractivity contribution in [2.45, 2.75) is 25.9 Å². The van der Waals surface area contributed by atoms with E-state index < -0.39 is 0 Å². The van der Waals surface area contributed by atoms with Gasteiger partial charge in [-0.1, -0.05) is 60.7 Å². The molecule has 1 aliphatic rings. The van der Waals surface area contributed by atoms with Crippen LogP contribution in [0.1, 0.15) is 30.5 Å². The maximum absolute atomic E-state index is 13.1. The molecule has 32 heavy (non-hydrogen) atoms. The van der Waals surface area contributed by atoms with E-state index in [4.69, 9.17) is 5.10 Å². The summed E-state index contributed by atoms with van der Waals surface area (Å²) in [5, 5.41) is 9.58. The number of nitrogens with zero attached hydrogens (tertiary/aromatic N) is 3. The molecular formula is C26H26N4O2. The summed E-state index contributed by atoms with van der Waals surface area (Å²) in [6.07, 6.45) is 0.511. The van der Waals surface area contributed by atoms with Crippen molar-refractivity contribution in [2.75, 3.05) is 17.4 Å². The summed E-state index contributed by atoms with van der Waals surface area (Å²) in [7, 11) is 1.75. The van der Waals surface area contributed by atoms with Crippen molar-refractivity contribution in [3.63, 3.8) is 0 Å². The molecule has 0 radical (unpaired) electrons. The van der Waals surface area contributed by atoms with Gasteiger partial charge < -0.3 is 10.2 Å². The fourth-order valence-electron chi connectivity index (χ4n) is 3.74. The fourth-order valence-corrected chi connectivity index (χ4v) is 3.74. The summed E-state index contributed by atoms with van der Waals surface area (Å²) >= 11 is 0. The van der Waals surface area contributed by atoms with Gasteiger partial charge in [0.1, 0.15) is 5.71 Å². The summed E-state index contributed by atoms with van der Waals surface area (Å²) in [4.78, 5) is 26.2. The minimum atomic E-state index is -0.221. The molecule has 1 N–H and O–H groups in total. The van der Waals surface area contributed by atoms with E-state index in [1.165, 1.54) is 6.92 Å². The Morgan fingerprint density at radius 3 is 2.38 bits per heavy atom. The SMILES string of the molecule is CC(=O)N(C)Cc1cccc(NC(=O)C2=NN(c3ccccc3)C(c3ccccc3)C2)c1. The summed E-state index contributed by atoms with van der Waals surface area (Å²) < 4.78 is 0. The number of carbonyl (C=O) groups excluding carboxylic acids is 2. The maximum Gasteiger partial charge on any atom is 0.271 e. The van der Waals surface area contributed by atoms with Crippen molar-refractivity contribution in [1.82, 2.24) is 4.90 Å². The zero-order valence-corrected chi connectivity index (χ0v) is 18.2. The third-order valence-corrected chi connectivity index (χ3v) is 5.52. The van der Waals surface area contributed by atoms with E-state index >= 15 is 0 Å². The number of anilines is 2. The Hall–Kier alpha value is -3.93. The zero-order valence-electron chi connectivity index (χ0n) is 18.2. The number of hydrogen-bond donors (Lipinski definition) is 1. The quantitative estimate of drug-likeness (QED) is 0.626. The van der Waals surface area contributed by atoms with Crippen LogP contribution in [0.5, 0.6) is 0 Å². The van der Waals surface area contributed by atoms with Gasteiger partial charge in [-0.3, -0.25) is 14.6 Å². The summed E-state index contributed by atoms with van der Waals surface area (Å²) in [6, 6.07) is 27.5. The highest BCUT2D eigenvalue weighted by atomic mass is 16.2. The molecule has 162 valence electrons. The van der Waals surface area contributed by atoms with Crippen LogP contribution >= 0.6 is 0 Å². The van der Waals surface area contributed by atoms with Gasteiger partial charge in [-0.15, -0.1) is 0 Å². The van der Waals surface area contributed by atoms with Crippen molar-refractivity contribution in [1.29, 1.82) is 0 Å². The van der Waals surface area contributed by atoms with Gasteiger partial charge in [0.2, 0.25) is 5.91 Å². The first kappa shape index (κ1) is 21.3. The van der Waals surface area contributed by atoms with Crippen molar-refractivity contribution < 1.29 is 9.59 Å². The lowest BCUT2D eigenvalue weighted by molar-refractivity contribution is -0.128. The molecule has 6 heteroatoms. The zero-order chi connectivity index (χ0) is 22.5. The second kappa shape index (κ2) is 9.47. The fraction of sp³-hybridized carbons (Fsp3) is 0.192. The lowest BCUT2D eigenvalue weighted by Gasteiger charge is -2.23. The standard InChI is InChI=1S/C26H26N4O2/c1-19(31)29(2)18-20-10-9-13-22(16-20)27-26(32)24-17-25(21-11-5-3-6-12-21)30(28-24)23-14-7-4-8-15-23/h3-16,25H,17-18H2,1-2H3,(H,27,32). The normalized spacial score (nSPS) is 15.2. The van der Waals surface area contributed by atoms with E-state index in [1.807, 2.05) is 77.8 Å². The predicted octanol–water partition coefficient (Wildman–Crippen LogP) is 4.61. The van der Waals surface area contributed by atoms with E-state index in [1.54, 1.807) is 11.9 Å². The molecular weight excluding hydrogens is 400 g/mol. The first-order chi connectivity index (χ1) is 15.5. The van der Waals surface area contributed by atoms with Gasteiger partial charge in [0.05, 0.1) is 11.7 Å². The number of carbonyl (C=O) groups is 2. The van der Waals surface area contributed by atoms with Crippen LogP contribution in [0.25, 0.3) is 0 Å². The molecule has 0 aromatic heterocycles. The number of rotatable bonds is 6. The lowest BCUT2D eigenvalue weighted by atomic mass is 10.0. The third kappa shape index (κ3) is 4.86. The highest BCUT2D eigenvalue weighted by Gasteiger charge is 2.32. The number of amides is 2. The average molecular weight is 427 g/mol. The van der Waals surface area contributed by atoms with Gasteiger partial charge in [-0.25, -0.2) is 0 Å². The molecule has 4 rings (SSSR count). The van der Waals surface area contributed by atoms with Crippen LogP contribution in [0, 0.1) is 0 Å². The van der Waals surface area contributed by atoms with Gasteiger partial charge in [-0.2, -0.15) is 5.10 Å². The van der Waals surface area contributed by atoms with Gasteiger partial charge in [0.25, 0.3) is 5.91 Å². The molecule has 1 unspecified atom stereocenters. The van der Waals surface area contributed by atoms with Crippen LogP contribution < -0.4 is 10.3 Å². The summed E-state index contributed by atoms with van der Waals surface area (Å²) in [6.45, 7) is 2.02. The molecule has 1 aliphatic heterocycles. The smallest absolute Gasteiger partial charge is 0.271 e. The van der Waals surface area contributed by atoms with E-state index in [9.17, 15) is 9.59 Å². The van der Waals surface area contributed by atoms with Gasteiger partial charge in [0.15, 0.2) is 0 Å². The highest BCUT2D eigenvalue weighted by molar-refractivity contribution is 6.43. The first-order valence-corrected chi connectivity index (χ1v) is 10.6. The number of para-hydroxylation sites is 1. The van der Waals surface area contributed by atoms with Crippen molar-refractivity contribution in [2.24, 2.45) is 5.10 Å². The van der Waals surface area contributed by atoms with Crippen LogP contribution in [-0.2, 0) is 16.1 Å². The third-order valence-electron chi connectivity index (χ3n) is 5.52. The number of nitrogens with one attached hydrogen (secondary N) is 1. The molecule has 0 aliphatic carbocycles. The van der Waals surface area contributed by atoms with Crippen molar-refractivity contribution in [3.05, 3.63) is 96.1 Å². The van der Waals surface area contributed by atoms with Crippen LogP contribution in [-0.4, -0.2) is 29.5 Å². The van der Waals surface area contributed by atoms with Gasteiger partial charge >= 0.3 is 0 Å². The number of hydrazone groups is 1. The second-order valence-corrected chi connectivity index (χ2v) is 7.89. The Labute approximate surface area is 188 Å².